The van der Waals surface area contributed by atoms with Crippen molar-refractivity contribution in [2.24, 2.45) is 11.7 Å². The van der Waals surface area contributed by atoms with E-state index in [1.807, 2.05) is 0 Å². The third-order valence-corrected chi connectivity index (χ3v) is 4.50. The fraction of sp³-hybridized carbons (Fsp3) is 0.857. The highest BCUT2D eigenvalue weighted by atomic mass is 16.2. The Morgan fingerprint density at radius 2 is 1.95 bits per heavy atom. The summed E-state index contributed by atoms with van der Waals surface area (Å²) in [7, 11) is 0. The second-order valence-electron chi connectivity index (χ2n) is 5.77. The third-order valence-electron chi connectivity index (χ3n) is 4.50. The molecular formula is C14H25N3O2. The summed E-state index contributed by atoms with van der Waals surface area (Å²) in [6.45, 7) is 2.87. The van der Waals surface area contributed by atoms with Crippen LogP contribution in [-0.2, 0) is 9.59 Å². The molecule has 3 N–H and O–H groups in total. The molecule has 0 aromatic carbocycles. The maximum Gasteiger partial charge on any atom is 0.243 e. The molecule has 1 saturated carbocycles. The van der Waals surface area contributed by atoms with Crippen LogP contribution in [0.2, 0.25) is 0 Å². The molecule has 2 amide bonds. The van der Waals surface area contributed by atoms with Crippen LogP contribution in [0.25, 0.3) is 0 Å². The van der Waals surface area contributed by atoms with Crippen LogP contribution in [0, 0.1) is 5.92 Å². The molecule has 5 nitrogen and oxygen atoms in total. The van der Waals surface area contributed by atoms with Crippen LogP contribution in [0.1, 0.15) is 45.4 Å². The molecule has 0 radical (unpaired) electrons. The molecule has 1 heterocycles. The summed E-state index contributed by atoms with van der Waals surface area (Å²) in [6.07, 6.45) is 6.18. The second-order valence-corrected chi connectivity index (χ2v) is 5.77. The van der Waals surface area contributed by atoms with Crippen molar-refractivity contribution < 1.29 is 9.59 Å². The summed E-state index contributed by atoms with van der Waals surface area (Å²) in [5.41, 5.74) is 5.78. The number of rotatable bonds is 3. The molecule has 0 aromatic heterocycles. The van der Waals surface area contributed by atoms with Gasteiger partial charge in [-0.25, -0.2) is 0 Å². The van der Waals surface area contributed by atoms with Gasteiger partial charge in [-0.05, 0) is 38.1 Å². The maximum absolute atomic E-state index is 12.3. The van der Waals surface area contributed by atoms with E-state index in [9.17, 15) is 9.59 Å². The topological polar surface area (TPSA) is 75.4 Å². The standard InChI is InChI=1S/C14H25N3O2/c1-10(18)17-8-4-7-13(17)14(19)16-12-6-3-2-5-11(12)9-15/h11-13H,2-9,15H2,1H3,(H,16,19). The van der Waals surface area contributed by atoms with E-state index < -0.39 is 0 Å². The molecule has 0 spiro atoms. The van der Waals surface area contributed by atoms with Gasteiger partial charge in [-0.3, -0.25) is 9.59 Å². The first-order valence-electron chi connectivity index (χ1n) is 7.41. The van der Waals surface area contributed by atoms with Gasteiger partial charge in [0.15, 0.2) is 0 Å². The Hall–Kier alpha value is -1.10. The molecule has 0 bridgehead atoms. The summed E-state index contributed by atoms with van der Waals surface area (Å²) in [4.78, 5) is 25.5. The molecule has 2 aliphatic rings. The summed E-state index contributed by atoms with van der Waals surface area (Å²) in [5.74, 6) is 0.402. The molecule has 3 atom stereocenters. The third kappa shape index (κ3) is 3.26. The molecule has 2 fully saturated rings. The van der Waals surface area contributed by atoms with Gasteiger partial charge in [-0.15, -0.1) is 0 Å². The zero-order valence-corrected chi connectivity index (χ0v) is 11.7. The van der Waals surface area contributed by atoms with E-state index in [-0.39, 0.29) is 23.9 Å². The lowest BCUT2D eigenvalue weighted by molar-refractivity contribution is -0.137. The molecule has 3 unspecified atom stereocenters. The lowest BCUT2D eigenvalue weighted by atomic mass is 9.84. The Morgan fingerprint density at radius 3 is 2.63 bits per heavy atom. The van der Waals surface area contributed by atoms with Gasteiger partial charge < -0.3 is 16.0 Å². The van der Waals surface area contributed by atoms with Crippen molar-refractivity contribution >= 4 is 11.8 Å². The first-order valence-corrected chi connectivity index (χ1v) is 7.41. The van der Waals surface area contributed by atoms with E-state index in [4.69, 9.17) is 5.73 Å². The highest BCUT2D eigenvalue weighted by Gasteiger charge is 2.34. The highest BCUT2D eigenvalue weighted by molar-refractivity contribution is 5.87. The summed E-state index contributed by atoms with van der Waals surface area (Å²) in [6, 6.07) is -0.0708. The van der Waals surface area contributed by atoms with Gasteiger partial charge >= 0.3 is 0 Å². The quantitative estimate of drug-likeness (QED) is 0.787. The van der Waals surface area contributed by atoms with E-state index in [0.29, 0.717) is 19.0 Å². The Bertz CT molecular complexity index is 346. The van der Waals surface area contributed by atoms with Crippen LogP contribution >= 0.6 is 0 Å². The fourth-order valence-corrected chi connectivity index (χ4v) is 3.37. The predicted octanol–water partition coefficient (Wildman–Crippen LogP) is 0.631. The van der Waals surface area contributed by atoms with E-state index >= 15 is 0 Å². The largest absolute Gasteiger partial charge is 0.351 e. The Balaban J connectivity index is 1.94. The van der Waals surface area contributed by atoms with Gasteiger partial charge in [0.1, 0.15) is 6.04 Å². The van der Waals surface area contributed by atoms with Crippen LogP contribution in [0.15, 0.2) is 0 Å². The Kier molecular flexibility index (Phi) is 4.80. The van der Waals surface area contributed by atoms with E-state index in [0.717, 1.165) is 32.1 Å². The highest BCUT2D eigenvalue weighted by Crippen LogP contribution is 2.24. The molecule has 1 aliphatic heterocycles. The van der Waals surface area contributed by atoms with Crippen LogP contribution < -0.4 is 11.1 Å². The van der Waals surface area contributed by atoms with Crippen molar-refractivity contribution in [3.8, 4) is 0 Å². The van der Waals surface area contributed by atoms with E-state index in [2.05, 4.69) is 5.32 Å². The molecule has 0 aromatic rings. The van der Waals surface area contributed by atoms with Crippen molar-refractivity contribution in [3.63, 3.8) is 0 Å². The van der Waals surface area contributed by atoms with Crippen LogP contribution in [0.3, 0.4) is 0 Å². The summed E-state index contributed by atoms with van der Waals surface area (Å²) < 4.78 is 0. The zero-order valence-electron chi connectivity index (χ0n) is 11.7. The molecule has 2 rings (SSSR count). The minimum Gasteiger partial charge on any atom is -0.351 e. The molecular weight excluding hydrogens is 242 g/mol. The van der Waals surface area contributed by atoms with Gasteiger partial charge in [0, 0.05) is 19.5 Å². The number of amides is 2. The van der Waals surface area contributed by atoms with Gasteiger partial charge in [0.2, 0.25) is 11.8 Å². The number of hydrogen-bond donors (Lipinski definition) is 2. The van der Waals surface area contributed by atoms with Crippen molar-refractivity contribution in [1.29, 1.82) is 0 Å². The monoisotopic (exact) mass is 267 g/mol. The second kappa shape index (κ2) is 6.37. The van der Waals surface area contributed by atoms with Crippen molar-refractivity contribution in [3.05, 3.63) is 0 Å². The first kappa shape index (κ1) is 14.3. The number of nitrogens with zero attached hydrogens (tertiary/aromatic N) is 1. The number of nitrogens with one attached hydrogen (secondary N) is 1. The number of carbonyl (C=O) groups excluding carboxylic acids is 2. The lowest BCUT2D eigenvalue weighted by Gasteiger charge is -2.33. The van der Waals surface area contributed by atoms with Crippen molar-refractivity contribution in [2.75, 3.05) is 13.1 Å². The SMILES string of the molecule is CC(=O)N1CCCC1C(=O)NC1CCCCC1CN. The predicted molar refractivity (Wildman–Crippen MR) is 73.4 cm³/mol. The molecule has 5 heteroatoms. The van der Waals surface area contributed by atoms with E-state index in [1.165, 1.54) is 13.3 Å². The number of hydrogen-bond acceptors (Lipinski definition) is 3. The van der Waals surface area contributed by atoms with Gasteiger partial charge in [-0.2, -0.15) is 0 Å². The van der Waals surface area contributed by atoms with E-state index in [1.54, 1.807) is 4.90 Å². The molecule has 108 valence electrons. The fourth-order valence-electron chi connectivity index (χ4n) is 3.37. The Labute approximate surface area is 114 Å². The van der Waals surface area contributed by atoms with Gasteiger partial charge in [0.05, 0.1) is 0 Å². The number of likely N-dealkylation sites (tertiary alicyclic amines) is 1. The van der Waals surface area contributed by atoms with Gasteiger partial charge in [0.25, 0.3) is 0 Å². The van der Waals surface area contributed by atoms with Gasteiger partial charge in [-0.1, -0.05) is 12.8 Å². The maximum atomic E-state index is 12.3. The number of nitrogens with two attached hydrogens (primary N) is 1. The minimum absolute atomic E-state index is 0.00308. The molecule has 19 heavy (non-hydrogen) atoms. The van der Waals surface area contributed by atoms with Crippen molar-refractivity contribution in [2.45, 2.75) is 57.5 Å². The normalized spacial score (nSPS) is 31.3. The zero-order chi connectivity index (χ0) is 13.8. The summed E-state index contributed by atoms with van der Waals surface area (Å²) in [5, 5.41) is 3.13. The molecule has 1 saturated heterocycles. The minimum atomic E-state index is -0.266. The Morgan fingerprint density at radius 1 is 1.21 bits per heavy atom. The average molecular weight is 267 g/mol. The smallest absolute Gasteiger partial charge is 0.243 e. The lowest BCUT2D eigenvalue weighted by Crippen LogP contribution is -2.51. The van der Waals surface area contributed by atoms with Crippen LogP contribution in [0.5, 0.6) is 0 Å². The van der Waals surface area contributed by atoms with Crippen molar-refractivity contribution in [1.82, 2.24) is 10.2 Å². The van der Waals surface area contributed by atoms with Crippen LogP contribution in [-0.4, -0.2) is 41.9 Å². The van der Waals surface area contributed by atoms with Crippen LogP contribution in [0.4, 0.5) is 0 Å². The number of carbonyl (C=O) groups is 2. The average Bonchev–Trinajstić information content (AvgIpc) is 2.88. The molecule has 1 aliphatic carbocycles. The first-order chi connectivity index (χ1) is 9.13. The summed E-state index contributed by atoms with van der Waals surface area (Å²) >= 11 is 0.